The Morgan fingerprint density at radius 1 is 1.22 bits per heavy atom. The summed E-state index contributed by atoms with van der Waals surface area (Å²) in [4.78, 5) is 12.2. The van der Waals surface area contributed by atoms with Crippen LogP contribution in [0.25, 0.3) is 0 Å². The molecule has 0 aliphatic rings. The lowest BCUT2D eigenvalue weighted by Gasteiger charge is -2.12. The maximum absolute atomic E-state index is 12.2. The van der Waals surface area contributed by atoms with Gasteiger partial charge in [0.2, 0.25) is 0 Å². The van der Waals surface area contributed by atoms with Crippen molar-refractivity contribution in [3.63, 3.8) is 0 Å². The highest BCUT2D eigenvalue weighted by Gasteiger charge is 2.12. The molecule has 0 aromatic heterocycles. The van der Waals surface area contributed by atoms with Gasteiger partial charge in [-0.25, -0.2) is 0 Å². The average Bonchev–Trinajstić information content (AvgIpc) is 2.54. The molecule has 0 atom stereocenters. The fraction of sp³-hybridized carbons (Fsp3) is 0.125. The van der Waals surface area contributed by atoms with Crippen molar-refractivity contribution in [1.29, 1.82) is 0 Å². The van der Waals surface area contributed by atoms with Gasteiger partial charge in [-0.1, -0.05) is 41.4 Å². The molecule has 0 unspecified atom stereocenters. The SMILES string of the molecule is COc1ccccc1C(=O)NC(=S)NCc1ccc(Cl)cc1Cl. The van der Waals surface area contributed by atoms with E-state index >= 15 is 0 Å². The molecule has 0 radical (unpaired) electrons. The molecule has 4 nitrogen and oxygen atoms in total. The largest absolute Gasteiger partial charge is 0.496 e. The summed E-state index contributed by atoms with van der Waals surface area (Å²) in [5.74, 6) is 0.135. The third-order valence-corrected chi connectivity index (χ3v) is 3.87. The summed E-state index contributed by atoms with van der Waals surface area (Å²) in [6.07, 6.45) is 0. The topological polar surface area (TPSA) is 50.4 Å². The number of hydrogen-bond donors (Lipinski definition) is 2. The standard InChI is InChI=1S/C16H14Cl2N2O2S/c1-22-14-5-3-2-4-12(14)15(21)20-16(23)19-9-10-6-7-11(17)8-13(10)18/h2-8H,9H2,1H3,(H2,19,20,21,23). The van der Waals surface area contributed by atoms with E-state index in [0.29, 0.717) is 27.9 Å². The van der Waals surface area contributed by atoms with Crippen molar-refractivity contribution in [2.75, 3.05) is 7.11 Å². The van der Waals surface area contributed by atoms with E-state index in [1.807, 2.05) is 0 Å². The van der Waals surface area contributed by atoms with Crippen LogP contribution in [-0.2, 0) is 6.54 Å². The number of rotatable bonds is 4. The van der Waals surface area contributed by atoms with Crippen molar-refractivity contribution < 1.29 is 9.53 Å². The third kappa shape index (κ3) is 4.82. The van der Waals surface area contributed by atoms with Crippen LogP contribution < -0.4 is 15.4 Å². The van der Waals surface area contributed by atoms with E-state index in [1.165, 1.54) is 7.11 Å². The van der Waals surface area contributed by atoms with Gasteiger partial charge in [0.1, 0.15) is 5.75 Å². The van der Waals surface area contributed by atoms with E-state index in [4.69, 9.17) is 40.2 Å². The average molecular weight is 369 g/mol. The van der Waals surface area contributed by atoms with Crippen molar-refractivity contribution in [3.05, 3.63) is 63.6 Å². The summed E-state index contributed by atoms with van der Waals surface area (Å²) >= 11 is 17.1. The van der Waals surface area contributed by atoms with Gasteiger partial charge in [0.15, 0.2) is 5.11 Å². The fourth-order valence-electron chi connectivity index (χ4n) is 1.89. The van der Waals surface area contributed by atoms with Gasteiger partial charge in [0, 0.05) is 16.6 Å². The number of thiocarbonyl (C=S) groups is 1. The van der Waals surface area contributed by atoms with Crippen LogP contribution in [0.3, 0.4) is 0 Å². The summed E-state index contributed by atoms with van der Waals surface area (Å²) in [6, 6.07) is 12.1. The zero-order valence-corrected chi connectivity index (χ0v) is 14.6. The van der Waals surface area contributed by atoms with Crippen LogP contribution in [0, 0.1) is 0 Å². The van der Waals surface area contributed by atoms with E-state index in [1.54, 1.807) is 42.5 Å². The molecule has 2 aromatic carbocycles. The molecule has 120 valence electrons. The Bertz CT molecular complexity index is 738. The Hall–Kier alpha value is -1.82. The Kier molecular flexibility index (Phi) is 6.21. The zero-order valence-electron chi connectivity index (χ0n) is 12.2. The van der Waals surface area contributed by atoms with Crippen molar-refractivity contribution in [3.8, 4) is 5.75 Å². The predicted octanol–water partition coefficient (Wildman–Crippen LogP) is 3.81. The van der Waals surface area contributed by atoms with Crippen molar-refractivity contribution in [2.45, 2.75) is 6.54 Å². The smallest absolute Gasteiger partial charge is 0.261 e. The van der Waals surface area contributed by atoms with Gasteiger partial charge in [-0.2, -0.15) is 0 Å². The number of amides is 1. The zero-order chi connectivity index (χ0) is 16.8. The number of carbonyl (C=O) groups is 1. The number of hydrogen-bond acceptors (Lipinski definition) is 3. The van der Waals surface area contributed by atoms with Gasteiger partial charge in [-0.15, -0.1) is 0 Å². The molecular formula is C16H14Cl2N2O2S. The second-order valence-corrected chi connectivity index (χ2v) is 5.82. The Morgan fingerprint density at radius 3 is 2.65 bits per heavy atom. The predicted molar refractivity (Wildman–Crippen MR) is 96.4 cm³/mol. The van der Waals surface area contributed by atoms with E-state index in [2.05, 4.69) is 10.6 Å². The minimum absolute atomic E-state index is 0.201. The number of methoxy groups -OCH3 is 1. The van der Waals surface area contributed by atoms with Crippen molar-refractivity contribution in [1.82, 2.24) is 10.6 Å². The first-order chi connectivity index (χ1) is 11.0. The molecule has 0 saturated carbocycles. The minimum atomic E-state index is -0.345. The van der Waals surface area contributed by atoms with Gasteiger partial charge in [0.05, 0.1) is 12.7 Å². The van der Waals surface area contributed by atoms with E-state index < -0.39 is 0 Å². The number of benzene rings is 2. The van der Waals surface area contributed by atoms with Gasteiger partial charge >= 0.3 is 0 Å². The molecule has 0 spiro atoms. The number of nitrogens with one attached hydrogen (secondary N) is 2. The molecule has 23 heavy (non-hydrogen) atoms. The monoisotopic (exact) mass is 368 g/mol. The Balaban J connectivity index is 1.95. The molecular weight excluding hydrogens is 355 g/mol. The molecule has 0 aliphatic heterocycles. The van der Waals surface area contributed by atoms with Crippen molar-refractivity contribution in [2.24, 2.45) is 0 Å². The van der Waals surface area contributed by atoms with Crippen LogP contribution in [0.15, 0.2) is 42.5 Å². The molecule has 0 bridgehead atoms. The quantitative estimate of drug-likeness (QED) is 0.805. The van der Waals surface area contributed by atoms with Gasteiger partial charge < -0.3 is 10.1 Å². The second-order valence-electron chi connectivity index (χ2n) is 4.57. The number of ether oxygens (including phenoxy) is 1. The lowest BCUT2D eigenvalue weighted by molar-refractivity contribution is 0.0973. The molecule has 2 rings (SSSR count). The van der Waals surface area contributed by atoms with Crippen LogP contribution in [0.4, 0.5) is 0 Å². The fourth-order valence-corrected chi connectivity index (χ4v) is 2.53. The van der Waals surface area contributed by atoms with E-state index in [-0.39, 0.29) is 11.0 Å². The first-order valence-corrected chi connectivity index (χ1v) is 7.84. The number of halogens is 2. The van der Waals surface area contributed by atoms with Gasteiger partial charge in [0.25, 0.3) is 5.91 Å². The summed E-state index contributed by atoms with van der Waals surface area (Å²) in [7, 11) is 1.51. The van der Waals surface area contributed by atoms with Crippen LogP contribution in [0.2, 0.25) is 10.0 Å². The van der Waals surface area contributed by atoms with Crippen LogP contribution >= 0.6 is 35.4 Å². The number of carbonyl (C=O) groups excluding carboxylic acids is 1. The van der Waals surface area contributed by atoms with Gasteiger partial charge in [-0.3, -0.25) is 10.1 Å². The van der Waals surface area contributed by atoms with Crippen LogP contribution in [-0.4, -0.2) is 18.1 Å². The Morgan fingerprint density at radius 2 is 1.96 bits per heavy atom. The molecule has 2 aromatic rings. The maximum Gasteiger partial charge on any atom is 0.261 e. The highest BCUT2D eigenvalue weighted by Crippen LogP contribution is 2.20. The minimum Gasteiger partial charge on any atom is -0.496 e. The Labute approximate surface area is 149 Å². The maximum atomic E-state index is 12.2. The van der Waals surface area contributed by atoms with E-state index in [9.17, 15) is 4.79 Å². The van der Waals surface area contributed by atoms with Gasteiger partial charge in [-0.05, 0) is 42.0 Å². The first kappa shape index (κ1) is 17.5. The summed E-state index contributed by atoms with van der Waals surface area (Å²) in [5.41, 5.74) is 1.23. The molecule has 0 saturated heterocycles. The van der Waals surface area contributed by atoms with E-state index in [0.717, 1.165) is 5.56 Å². The van der Waals surface area contributed by atoms with Crippen LogP contribution in [0.1, 0.15) is 15.9 Å². The second kappa shape index (κ2) is 8.15. The molecule has 2 N–H and O–H groups in total. The molecule has 0 heterocycles. The lowest BCUT2D eigenvalue weighted by atomic mass is 10.2. The molecule has 0 fully saturated rings. The highest BCUT2D eigenvalue weighted by atomic mass is 35.5. The summed E-state index contributed by atoms with van der Waals surface area (Å²) < 4.78 is 5.15. The first-order valence-electron chi connectivity index (χ1n) is 6.67. The molecule has 1 amide bonds. The lowest BCUT2D eigenvalue weighted by Crippen LogP contribution is -2.39. The molecule has 7 heteroatoms. The molecule has 0 aliphatic carbocycles. The number of para-hydroxylation sites is 1. The normalized spacial score (nSPS) is 10.0. The summed E-state index contributed by atoms with van der Waals surface area (Å²) in [5, 5.41) is 6.83. The third-order valence-electron chi connectivity index (χ3n) is 3.03. The van der Waals surface area contributed by atoms with Crippen LogP contribution in [0.5, 0.6) is 5.75 Å². The highest BCUT2D eigenvalue weighted by molar-refractivity contribution is 7.80. The summed E-state index contributed by atoms with van der Waals surface area (Å²) in [6.45, 7) is 0.376. The van der Waals surface area contributed by atoms with Crippen molar-refractivity contribution >= 4 is 46.4 Å².